The number of hydrogen-bond donors (Lipinski definition) is 0. The van der Waals surface area contributed by atoms with Gasteiger partial charge in [-0.3, -0.25) is 0 Å². The summed E-state index contributed by atoms with van der Waals surface area (Å²) < 4.78 is 5.76. The molecule has 4 aromatic rings. The van der Waals surface area contributed by atoms with Gasteiger partial charge in [0.1, 0.15) is 5.76 Å². The van der Waals surface area contributed by atoms with Gasteiger partial charge in [-0.2, -0.15) is 0 Å². The average molecular weight is 352 g/mol. The second kappa shape index (κ2) is 7.46. The lowest BCUT2D eigenvalue weighted by atomic mass is 9.93. The molecule has 0 saturated carbocycles. The molecule has 0 aliphatic rings. The quantitative estimate of drug-likeness (QED) is 0.425. The molecule has 1 heterocycles. The second-order valence-corrected chi connectivity index (χ2v) is 6.70. The molecule has 0 N–H and O–H groups in total. The van der Waals surface area contributed by atoms with E-state index >= 15 is 0 Å². The number of allylic oxidation sites excluding steroid dienone is 1. The maximum Gasteiger partial charge on any atom is 0.344 e. The summed E-state index contributed by atoms with van der Waals surface area (Å²) in [5, 5.41) is 1.54. The van der Waals surface area contributed by atoms with Crippen molar-refractivity contribution in [2.45, 2.75) is 12.8 Å². The van der Waals surface area contributed by atoms with Crippen molar-refractivity contribution in [1.29, 1.82) is 0 Å². The van der Waals surface area contributed by atoms with Gasteiger partial charge in [0, 0.05) is 11.1 Å². The summed E-state index contributed by atoms with van der Waals surface area (Å²) in [7, 11) is 0. The van der Waals surface area contributed by atoms with Crippen LogP contribution in [0.15, 0.2) is 106 Å². The lowest BCUT2D eigenvalue weighted by Gasteiger charge is -2.13. The minimum Gasteiger partial charge on any atom is -0.422 e. The van der Waals surface area contributed by atoms with Crippen LogP contribution in [0.2, 0.25) is 0 Å². The van der Waals surface area contributed by atoms with Crippen molar-refractivity contribution in [3.8, 4) is 11.3 Å². The van der Waals surface area contributed by atoms with E-state index in [2.05, 4.69) is 18.7 Å². The first-order valence-corrected chi connectivity index (χ1v) is 9.03. The van der Waals surface area contributed by atoms with E-state index in [0.717, 1.165) is 28.5 Å². The predicted octanol–water partition coefficient (Wildman–Crippen LogP) is 5.80. The van der Waals surface area contributed by atoms with Crippen LogP contribution in [-0.4, -0.2) is 0 Å². The Kier molecular flexibility index (Phi) is 4.71. The van der Waals surface area contributed by atoms with Crippen molar-refractivity contribution in [2.75, 3.05) is 0 Å². The predicted molar refractivity (Wildman–Crippen MR) is 111 cm³/mol. The van der Waals surface area contributed by atoms with Crippen molar-refractivity contribution < 1.29 is 4.42 Å². The Hall–Kier alpha value is -3.39. The molecule has 0 radical (unpaired) electrons. The van der Waals surface area contributed by atoms with Crippen LogP contribution in [0.5, 0.6) is 0 Å². The van der Waals surface area contributed by atoms with Gasteiger partial charge in [0.2, 0.25) is 0 Å². The van der Waals surface area contributed by atoms with Crippen LogP contribution in [0.25, 0.3) is 22.1 Å². The number of rotatable bonds is 5. The molecular formula is C25H20O2. The van der Waals surface area contributed by atoms with E-state index in [1.54, 1.807) is 0 Å². The smallest absolute Gasteiger partial charge is 0.344 e. The molecule has 0 fully saturated rings. The highest BCUT2D eigenvalue weighted by Crippen LogP contribution is 2.30. The summed E-state index contributed by atoms with van der Waals surface area (Å²) in [6.07, 6.45) is 1.45. The van der Waals surface area contributed by atoms with Crippen molar-refractivity contribution in [3.63, 3.8) is 0 Å². The zero-order valence-corrected chi connectivity index (χ0v) is 15.0. The third-order valence-electron chi connectivity index (χ3n) is 4.70. The Morgan fingerprint density at radius 1 is 0.741 bits per heavy atom. The van der Waals surface area contributed by atoms with E-state index in [9.17, 15) is 4.79 Å². The number of benzene rings is 3. The van der Waals surface area contributed by atoms with Crippen LogP contribution < -0.4 is 5.63 Å². The highest BCUT2D eigenvalue weighted by Gasteiger charge is 2.16. The second-order valence-electron chi connectivity index (χ2n) is 6.70. The lowest BCUT2D eigenvalue weighted by Crippen LogP contribution is -2.06. The monoisotopic (exact) mass is 352 g/mol. The van der Waals surface area contributed by atoms with Gasteiger partial charge in [-0.25, -0.2) is 4.79 Å². The molecule has 4 rings (SSSR count). The SMILES string of the molecule is C=C(Cc1ccccc1)Cc1c(-c2ccccc2)oc(=O)c2ccccc12. The molecule has 0 aliphatic heterocycles. The maximum atomic E-state index is 12.5. The third kappa shape index (κ3) is 3.61. The van der Waals surface area contributed by atoms with Gasteiger partial charge in [-0.15, -0.1) is 0 Å². The Bertz CT molecular complexity index is 1140. The molecule has 0 spiro atoms. The van der Waals surface area contributed by atoms with E-state index in [0.29, 0.717) is 17.6 Å². The van der Waals surface area contributed by atoms with Crippen LogP contribution in [0, 0.1) is 0 Å². The van der Waals surface area contributed by atoms with E-state index in [-0.39, 0.29) is 5.63 Å². The van der Waals surface area contributed by atoms with Gasteiger partial charge in [-0.1, -0.05) is 91.0 Å². The van der Waals surface area contributed by atoms with Crippen molar-refractivity contribution >= 4 is 10.8 Å². The molecule has 27 heavy (non-hydrogen) atoms. The summed E-state index contributed by atoms with van der Waals surface area (Å²) in [4.78, 5) is 12.5. The van der Waals surface area contributed by atoms with E-state index in [4.69, 9.17) is 4.42 Å². The Balaban J connectivity index is 1.81. The summed E-state index contributed by atoms with van der Waals surface area (Å²) in [6, 6.07) is 27.7. The number of hydrogen-bond acceptors (Lipinski definition) is 2. The molecule has 0 atom stereocenters. The Morgan fingerprint density at radius 3 is 2.04 bits per heavy atom. The highest BCUT2D eigenvalue weighted by molar-refractivity contribution is 5.88. The van der Waals surface area contributed by atoms with Crippen LogP contribution in [0.4, 0.5) is 0 Å². The average Bonchev–Trinajstić information content (AvgIpc) is 2.71. The first kappa shape index (κ1) is 17.0. The van der Waals surface area contributed by atoms with Crippen molar-refractivity contribution in [3.05, 3.63) is 119 Å². The molecule has 132 valence electrons. The molecule has 2 heteroatoms. The van der Waals surface area contributed by atoms with E-state index in [1.165, 1.54) is 5.56 Å². The fraction of sp³-hybridized carbons (Fsp3) is 0.0800. The summed E-state index contributed by atoms with van der Waals surface area (Å²) >= 11 is 0. The molecule has 0 bridgehead atoms. The first-order valence-electron chi connectivity index (χ1n) is 9.03. The van der Waals surface area contributed by atoms with Gasteiger partial charge < -0.3 is 4.42 Å². The maximum absolute atomic E-state index is 12.5. The van der Waals surface area contributed by atoms with E-state index < -0.39 is 0 Å². The minimum absolute atomic E-state index is 0.304. The zero-order chi connectivity index (χ0) is 18.6. The molecule has 0 saturated heterocycles. The van der Waals surface area contributed by atoms with Crippen LogP contribution in [0.1, 0.15) is 11.1 Å². The minimum atomic E-state index is -0.304. The largest absolute Gasteiger partial charge is 0.422 e. The normalized spacial score (nSPS) is 10.8. The molecule has 2 nitrogen and oxygen atoms in total. The summed E-state index contributed by atoms with van der Waals surface area (Å²) in [6.45, 7) is 4.29. The molecule has 1 aromatic heterocycles. The van der Waals surface area contributed by atoms with Crippen LogP contribution in [-0.2, 0) is 12.8 Å². The van der Waals surface area contributed by atoms with Gasteiger partial charge in [0.05, 0.1) is 5.39 Å². The molecular weight excluding hydrogens is 332 g/mol. The van der Waals surface area contributed by atoms with Crippen molar-refractivity contribution in [1.82, 2.24) is 0 Å². The van der Waals surface area contributed by atoms with Gasteiger partial charge in [0.15, 0.2) is 0 Å². The van der Waals surface area contributed by atoms with Gasteiger partial charge >= 0.3 is 5.63 Å². The van der Waals surface area contributed by atoms with Gasteiger partial charge in [-0.05, 0) is 29.9 Å². The standard InChI is InChI=1S/C25H20O2/c1-18(16-19-10-4-2-5-11-19)17-23-21-14-8-9-15-22(21)25(26)27-24(23)20-12-6-3-7-13-20/h2-15H,1,16-17H2. The molecule has 0 aliphatic carbocycles. The zero-order valence-electron chi connectivity index (χ0n) is 15.0. The van der Waals surface area contributed by atoms with Crippen LogP contribution >= 0.6 is 0 Å². The van der Waals surface area contributed by atoms with Crippen LogP contribution in [0.3, 0.4) is 0 Å². The topological polar surface area (TPSA) is 30.2 Å². The molecule has 3 aromatic carbocycles. The fourth-order valence-corrected chi connectivity index (χ4v) is 3.45. The Labute approximate surface area is 158 Å². The van der Waals surface area contributed by atoms with Gasteiger partial charge in [0.25, 0.3) is 0 Å². The Morgan fingerprint density at radius 2 is 1.33 bits per heavy atom. The summed E-state index contributed by atoms with van der Waals surface area (Å²) in [5.41, 5.74) is 3.92. The van der Waals surface area contributed by atoms with E-state index in [1.807, 2.05) is 72.8 Å². The summed E-state index contributed by atoms with van der Waals surface area (Å²) in [5.74, 6) is 0.633. The van der Waals surface area contributed by atoms with Crippen molar-refractivity contribution in [2.24, 2.45) is 0 Å². The lowest BCUT2D eigenvalue weighted by molar-refractivity contribution is 0.530. The highest BCUT2D eigenvalue weighted by atomic mass is 16.4. The first-order chi connectivity index (χ1) is 13.2. The number of fused-ring (bicyclic) bond motifs is 1. The third-order valence-corrected chi connectivity index (χ3v) is 4.70. The fourth-order valence-electron chi connectivity index (χ4n) is 3.45. The molecule has 0 amide bonds. The molecule has 0 unspecified atom stereocenters.